The highest BCUT2D eigenvalue weighted by molar-refractivity contribution is 7.14. The van der Waals surface area contributed by atoms with Crippen LogP contribution in [0, 0.1) is 6.92 Å². The van der Waals surface area contributed by atoms with Crippen molar-refractivity contribution >= 4 is 23.0 Å². The number of carbonyl (C=O) groups is 2. The Hall–Kier alpha value is -2.02. The van der Waals surface area contributed by atoms with E-state index >= 15 is 0 Å². The van der Waals surface area contributed by atoms with Crippen LogP contribution in [0.25, 0.3) is 0 Å². The highest BCUT2D eigenvalue weighted by atomic mass is 32.1. The van der Waals surface area contributed by atoms with Gasteiger partial charge in [0.25, 0.3) is 0 Å². The summed E-state index contributed by atoms with van der Waals surface area (Å²) in [6, 6.07) is 3.55. The van der Waals surface area contributed by atoms with Crippen molar-refractivity contribution in [2.24, 2.45) is 0 Å². The van der Waals surface area contributed by atoms with Gasteiger partial charge < -0.3 is 9.88 Å². The first-order chi connectivity index (χ1) is 11.0. The number of nitrogens with one attached hydrogen (secondary N) is 1. The molecule has 0 saturated carbocycles. The van der Waals surface area contributed by atoms with Crippen LogP contribution in [0.3, 0.4) is 0 Å². The van der Waals surface area contributed by atoms with Crippen LogP contribution < -0.4 is 5.32 Å². The van der Waals surface area contributed by atoms with E-state index in [0.717, 1.165) is 40.8 Å². The molecular weight excluding hydrogens is 312 g/mol. The number of hydrogen-bond acceptors (Lipinski definition) is 5. The smallest absolute Gasteiger partial charge is 0.221 e. The molecule has 0 radical (unpaired) electrons. The van der Waals surface area contributed by atoms with Gasteiger partial charge >= 0.3 is 0 Å². The zero-order chi connectivity index (χ0) is 16.4. The average Bonchev–Trinajstić information content (AvgIpc) is 3.20. The van der Waals surface area contributed by atoms with Gasteiger partial charge in [0.15, 0.2) is 11.6 Å². The van der Waals surface area contributed by atoms with Gasteiger partial charge in [-0.25, -0.2) is 0 Å². The normalized spacial score (nSPS) is 14.5. The van der Waals surface area contributed by atoms with Crippen LogP contribution in [0.5, 0.6) is 0 Å². The lowest BCUT2D eigenvalue weighted by atomic mass is 10.2. The monoisotopic (exact) mass is 332 g/mol. The molecule has 1 aliphatic heterocycles. The molecule has 2 aromatic heterocycles. The Morgan fingerprint density at radius 1 is 1.35 bits per heavy atom. The maximum atomic E-state index is 12.1. The van der Waals surface area contributed by atoms with Crippen molar-refractivity contribution in [1.82, 2.24) is 20.1 Å². The Morgan fingerprint density at radius 3 is 2.91 bits per heavy atom. The number of fused-ring (bicyclic) bond motifs is 1. The molecule has 2 aromatic rings. The number of nitrogens with zero attached hydrogens (tertiary/aromatic N) is 3. The maximum absolute atomic E-state index is 12.1. The molecule has 23 heavy (non-hydrogen) atoms. The molecule has 0 aliphatic carbocycles. The fourth-order valence-corrected chi connectivity index (χ4v) is 3.64. The van der Waals surface area contributed by atoms with Gasteiger partial charge in [-0.05, 0) is 32.4 Å². The van der Waals surface area contributed by atoms with Crippen molar-refractivity contribution in [3.63, 3.8) is 0 Å². The fraction of sp³-hybridized carbons (Fsp3) is 0.500. The van der Waals surface area contributed by atoms with Gasteiger partial charge in [-0.2, -0.15) is 0 Å². The molecule has 0 aromatic carbocycles. The molecule has 6 nitrogen and oxygen atoms in total. The summed E-state index contributed by atoms with van der Waals surface area (Å²) in [4.78, 5) is 25.9. The van der Waals surface area contributed by atoms with Crippen LogP contribution in [0.15, 0.2) is 12.1 Å². The van der Waals surface area contributed by atoms with Crippen molar-refractivity contribution in [2.75, 3.05) is 0 Å². The van der Waals surface area contributed by atoms with Crippen LogP contribution in [0.2, 0.25) is 0 Å². The third-order valence-corrected chi connectivity index (χ3v) is 5.04. The van der Waals surface area contributed by atoms with E-state index in [2.05, 4.69) is 20.1 Å². The first-order valence-electron chi connectivity index (χ1n) is 7.85. The topological polar surface area (TPSA) is 76.9 Å². The lowest BCUT2D eigenvalue weighted by Crippen LogP contribution is -2.28. The van der Waals surface area contributed by atoms with E-state index < -0.39 is 0 Å². The average molecular weight is 332 g/mol. The third kappa shape index (κ3) is 3.50. The Kier molecular flexibility index (Phi) is 4.56. The number of ketones is 1. The van der Waals surface area contributed by atoms with E-state index in [1.807, 2.05) is 26.0 Å². The Morgan fingerprint density at radius 2 is 2.17 bits per heavy atom. The molecule has 3 rings (SSSR count). The SMILES string of the molecule is Cc1ccc(C(=O)CCC(=O)N[C@H](C)c2nnc3n2CCC3)s1. The van der Waals surface area contributed by atoms with E-state index in [9.17, 15) is 9.59 Å². The molecule has 1 atom stereocenters. The zero-order valence-electron chi connectivity index (χ0n) is 13.3. The highest BCUT2D eigenvalue weighted by Gasteiger charge is 2.22. The van der Waals surface area contributed by atoms with Crippen LogP contribution in [-0.4, -0.2) is 26.5 Å². The van der Waals surface area contributed by atoms with Gasteiger partial charge in [-0.3, -0.25) is 9.59 Å². The van der Waals surface area contributed by atoms with Gasteiger partial charge in [0.2, 0.25) is 5.91 Å². The summed E-state index contributed by atoms with van der Waals surface area (Å²) in [5, 5.41) is 11.2. The summed E-state index contributed by atoms with van der Waals surface area (Å²) in [6.07, 6.45) is 2.45. The number of thiophene rings is 1. The molecule has 0 unspecified atom stereocenters. The quantitative estimate of drug-likeness (QED) is 0.824. The lowest BCUT2D eigenvalue weighted by Gasteiger charge is -2.13. The Balaban J connectivity index is 1.52. The van der Waals surface area contributed by atoms with Crippen LogP contribution >= 0.6 is 11.3 Å². The summed E-state index contributed by atoms with van der Waals surface area (Å²) >= 11 is 1.47. The van der Waals surface area contributed by atoms with Crippen molar-refractivity contribution in [1.29, 1.82) is 0 Å². The van der Waals surface area contributed by atoms with E-state index in [1.165, 1.54) is 11.3 Å². The second kappa shape index (κ2) is 6.62. The highest BCUT2D eigenvalue weighted by Crippen LogP contribution is 2.20. The van der Waals surface area contributed by atoms with Crippen LogP contribution in [-0.2, 0) is 17.8 Å². The number of amides is 1. The molecule has 1 amide bonds. The summed E-state index contributed by atoms with van der Waals surface area (Å²) in [5.74, 6) is 1.68. The molecule has 7 heteroatoms. The number of Topliss-reactive ketones (excluding diaryl/α,β-unsaturated/α-hetero) is 1. The molecule has 3 heterocycles. The number of rotatable bonds is 6. The van der Waals surface area contributed by atoms with Gasteiger partial charge in [0.1, 0.15) is 5.82 Å². The summed E-state index contributed by atoms with van der Waals surface area (Å²) in [7, 11) is 0. The number of aromatic nitrogens is 3. The number of hydrogen-bond donors (Lipinski definition) is 1. The maximum Gasteiger partial charge on any atom is 0.221 e. The molecular formula is C16H20N4O2S. The summed E-state index contributed by atoms with van der Waals surface area (Å²) in [5.41, 5.74) is 0. The minimum absolute atomic E-state index is 0.0225. The molecule has 1 N–H and O–H groups in total. The predicted molar refractivity (Wildman–Crippen MR) is 87.5 cm³/mol. The van der Waals surface area contributed by atoms with Crippen molar-refractivity contribution < 1.29 is 9.59 Å². The molecule has 0 bridgehead atoms. The molecule has 1 aliphatic rings. The first kappa shape index (κ1) is 15.9. The molecule has 0 saturated heterocycles. The summed E-state index contributed by atoms with van der Waals surface area (Å²) < 4.78 is 2.07. The van der Waals surface area contributed by atoms with E-state index in [4.69, 9.17) is 0 Å². The summed E-state index contributed by atoms with van der Waals surface area (Å²) in [6.45, 7) is 4.78. The third-order valence-electron chi connectivity index (χ3n) is 4.00. The van der Waals surface area contributed by atoms with Gasteiger partial charge in [-0.1, -0.05) is 0 Å². The van der Waals surface area contributed by atoms with Crippen molar-refractivity contribution in [2.45, 2.75) is 52.1 Å². The van der Waals surface area contributed by atoms with Crippen LogP contribution in [0.1, 0.15) is 58.4 Å². The van der Waals surface area contributed by atoms with Gasteiger partial charge in [0, 0.05) is 30.7 Å². The second-order valence-corrected chi connectivity index (χ2v) is 7.14. The fourth-order valence-electron chi connectivity index (χ4n) is 2.81. The minimum atomic E-state index is -0.194. The second-order valence-electron chi connectivity index (χ2n) is 5.85. The van der Waals surface area contributed by atoms with Gasteiger partial charge in [-0.15, -0.1) is 21.5 Å². The van der Waals surface area contributed by atoms with Gasteiger partial charge in [0.05, 0.1) is 10.9 Å². The first-order valence-corrected chi connectivity index (χ1v) is 8.67. The van der Waals surface area contributed by atoms with Crippen LogP contribution in [0.4, 0.5) is 0 Å². The lowest BCUT2D eigenvalue weighted by molar-refractivity contribution is -0.121. The Bertz CT molecular complexity index is 734. The van der Waals surface area contributed by atoms with Crippen molar-refractivity contribution in [3.05, 3.63) is 33.5 Å². The van der Waals surface area contributed by atoms with Crippen molar-refractivity contribution in [3.8, 4) is 0 Å². The van der Waals surface area contributed by atoms with E-state index in [-0.39, 0.29) is 30.6 Å². The molecule has 0 spiro atoms. The number of carbonyl (C=O) groups excluding carboxylic acids is 2. The molecule has 122 valence electrons. The standard InChI is InChI=1S/C16H20N4O2S/c1-10-5-7-13(23-10)12(21)6-8-15(22)17-11(2)16-19-18-14-4-3-9-20(14)16/h5,7,11H,3-4,6,8-9H2,1-2H3,(H,17,22)/t11-/m1/s1. The zero-order valence-corrected chi connectivity index (χ0v) is 14.2. The van der Waals surface area contributed by atoms with E-state index in [1.54, 1.807) is 0 Å². The van der Waals surface area contributed by atoms with E-state index in [0.29, 0.717) is 0 Å². The molecule has 0 fully saturated rings. The number of aryl methyl sites for hydroxylation is 2. The predicted octanol–water partition coefficient (Wildman–Crippen LogP) is 2.43. The Labute approximate surface area is 138 Å². The largest absolute Gasteiger partial charge is 0.346 e. The minimum Gasteiger partial charge on any atom is -0.346 e.